The maximum absolute atomic E-state index is 13.2. The summed E-state index contributed by atoms with van der Waals surface area (Å²) in [5.74, 6) is -0.263. The van der Waals surface area contributed by atoms with E-state index in [1.54, 1.807) is 6.08 Å². The molecule has 2 rings (SSSR count). The summed E-state index contributed by atoms with van der Waals surface area (Å²) in [7, 11) is 0. The van der Waals surface area contributed by atoms with Crippen molar-refractivity contribution in [1.82, 2.24) is 5.32 Å². The number of aliphatic hydroxyl groups excluding tert-OH is 8. The van der Waals surface area contributed by atoms with Crippen LogP contribution in [0.3, 0.4) is 0 Å². The fourth-order valence-corrected chi connectivity index (χ4v) is 10.1. The minimum Gasteiger partial charge on any atom is -0.394 e. The highest BCUT2D eigenvalue weighted by Crippen LogP contribution is 2.30. The molecule has 0 aliphatic carbocycles. The van der Waals surface area contributed by atoms with E-state index in [9.17, 15) is 45.6 Å². The Balaban J connectivity index is 1.72. The zero-order valence-corrected chi connectivity index (χ0v) is 48.5. The molecule has 0 saturated carbocycles. The Kier molecular flexibility index (Phi) is 44.9. The molecule has 77 heavy (non-hydrogen) atoms. The second kappa shape index (κ2) is 48.6. The average Bonchev–Trinajstić information content (AvgIpc) is 3.44. The lowest BCUT2D eigenvalue weighted by Gasteiger charge is -2.46. The molecule has 1 amide bonds. The minimum atomic E-state index is -1.79. The fraction of sp³-hybridized carbons (Fsp3) is 0.857. The number of ether oxygens (including phenoxy) is 4. The Morgan fingerprint density at radius 1 is 0.455 bits per heavy atom. The van der Waals surface area contributed by atoms with Gasteiger partial charge in [-0.2, -0.15) is 0 Å². The van der Waals surface area contributed by atoms with E-state index < -0.39 is 86.8 Å². The SMILES string of the molecule is CCCCCC/C=C\CCCCCCCC(=O)NC(COC1OC(CO)C(OC2OC(CO)C(O)C(O)C2O)C(O)C1O)C(O)/C=C/CC/C=C/CC/C=C/CCCCCCCCCCCCCCCCCCCCCC. The summed E-state index contributed by atoms with van der Waals surface area (Å²) in [6, 6.07) is -0.942. The van der Waals surface area contributed by atoms with Gasteiger partial charge in [0.2, 0.25) is 5.91 Å². The van der Waals surface area contributed by atoms with E-state index in [1.807, 2.05) is 6.08 Å². The largest absolute Gasteiger partial charge is 0.394 e. The lowest BCUT2D eigenvalue weighted by atomic mass is 9.97. The molecule has 0 aromatic carbocycles. The normalized spacial score (nSPS) is 25.0. The molecule has 12 unspecified atom stereocenters. The number of nitrogens with one attached hydrogen (secondary N) is 1. The molecule has 0 aromatic heterocycles. The first-order valence-corrected chi connectivity index (χ1v) is 31.4. The molecule has 0 spiro atoms. The Bertz CT molecular complexity index is 1480. The molecule has 14 heteroatoms. The van der Waals surface area contributed by atoms with E-state index in [1.165, 1.54) is 154 Å². The zero-order chi connectivity index (χ0) is 56.0. The van der Waals surface area contributed by atoms with Crippen LogP contribution in [-0.2, 0) is 23.7 Å². The highest BCUT2D eigenvalue weighted by Gasteiger charge is 2.51. The van der Waals surface area contributed by atoms with Gasteiger partial charge in [0, 0.05) is 6.42 Å². The smallest absolute Gasteiger partial charge is 0.220 e. The third-order valence-electron chi connectivity index (χ3n) is 15.2. The van der Waals surface area contributed by atoms with E-state index >= 15 is 0 Å². The lowest BCUT2D eigenvalue weighted by molar-refractivity contribution is -0.359. The highest BCUT2D eigenvalue weighted by atomic mass is 16.7. The molecule has 14 nitrogen and oxygen atoms in total. The van der Waals surface area contributed by atoms with Crippen LogP contribution in [0.15, 0.2) is 48.6 Å². The summed E-state index contributed by atoms with van der Waals surface area (Å²) < 4.78 is 22.7. The van der Waals surface area contributed by atoms with Crippen molar-refractivity contribution < 1.29 is 64.6 Å². The van der Waals surface area contributed by atoms with Crippen LogP contribution >= 0.6 is 0 Å². The summed E-state index contributed by atoms with van der Waals surface area (Å²) in [5, 5.41) is 87.0. The van der Waals surface area contributed by atoms with Crippen molar-refractivity contribution in [2.24, 2.45) is 0 Å². The van der Waals surface area contributed by atoms with Crippen molar-refractivity contribution in [1.29, 1.82) is 0 Å². The van der Waals surface area contributed by atoms with Gasteiger partial charge in [0.15, 0.2) is 12.6 Å². The number of allylic oxidation sites excluding steroid dienone is 7. The Hall–Kier alpha value is -2.05. The first-order chi connectivity index (χ1) is 37.6. The summed E-state index contributed by atoms with van der Waals surface area (Å²) in [5.41, 5.74) is 0. The van der Waals surface area contributed by atoms with Gasteiger partial charge in [-0.3, -0.25) is 4.79 Å². The first kappa shape index (κ1) is 71.1. The maximum Gasteiger partial charge on any atom is 0.220 e. The molecule has 12 atom stereocenters. The van der Waals surface area contributed by atoms with E-state index in [-0.39, 0.29) is 18.9 Å². The van der Waals surface area contributed by atoms with Gasteiger partial charge in [-0.1, -0.05) is 223 Å². The minimum absolute atomic E-state index is 0.259. The molecule has 2 aliphatic heterocycles. The molecule has 2 saturated heterocycles. The van der Waals surface area contributed by atoms with Gasteiger partial charge in [0.25, 0.3) is 0 Å². The maximum atomic E-state index is 13.2. The Labute approximate surface area is 467 Å². The van der Waals surface area contributed by atoms with Gasteiger partial charge in [-0.05, 0) is 70.6 Å². The van der Waals surface area contributed by atoms with E-state index in [0.29, 0.717) is 12.8 Å². The number of carbonyl (C=O) groups is 1. The number of hydrogen-bond donors (Lipinski definition) is 9. The lowest BCUT2D eigenvalue weighted by Crippen LogP contribution is -2.65. The van der Waals surface area contributed by atoms with Gasteiger partial charge >= 0.3 is 0 Å². The summed E-state index contributed by atoms with van der Waals surface area (Å²) in [6.45, 7) is 2.76. The van der Waals surface area contributed by atoms with Gasteiger partial charge in [0.05, 0.1) is 32.0 Å². The van der Waals surface area contributed by atoms with Crippen LogP contribution in [0.5, 0.6) is 0 Å². The van der Waals surface area contributed by atoms with Crippen molar-refractivity contribution >= 4 is 5.91 Å². The van der Waals surface area contributed by atoms with Crippen LogP contribution in [0.25, 0.3) is 0 Å². The van der Waals surface area contributed by atoms with E-state index in [4.69, 9.17) is 18.9 Å². The third-order valence-corrected chi connectivity index (χ3v) is 15.2. The topological polar surface area (TPSA) is 228 Å². The van der Waals surface area contributed by atoms with Crippen LogP contribution in [0, 0.1) is 0 Å². The van der Waals surface area contributed by atoms with Crippen LogP contribution in [0.2, 0.25) is 0 Å². The molecule has 0 bridgehead atoms. The summed E-state index contributed by atoms with van der Waals surface area (Å²) in [4.78, 5) is 13.2. The van der Waals surface area contributed by atoms with Crippen LogP contribution in [0.1, 0.15) is 251 Å². The van der Waals surface area contributed by atoms with Crippen LogP contribution in [-0.4, -0.2) is 140 Å². The number of aliphatic hydroxyl groups is 8. The molecule has 0 radical (unpaired) electrons. The first-order valence-electron chi connectivity index (χ1n) is 31.4. The monoisotopic (exact) mass is 1090 g/mol. The van der Waals surface area contributed by atoms with Gasteiger partial charge < -0.3 is 65.1 Å². The molecule has 450 valence electrons. The van der Waals surface area contributed by atoms with E-state index in [2.05, 4.69) is 55.6 Å². The summed E-state index contributed by atoms with van der Waals surface area (Å²) in [6.07, 6.45) is 44.7. The molecule has 2 aliphatic rings. The standard InChI is InChI=1S/C63H115NO13/c1-3-5-7-9-11-13-15-17-18-19-20-21-22-23-24-25-26-27-28-29-30-31-32-33-35-36-38-40-42-44-46-52(67)51(64-55(68)47-45-43-41-39-37-34-16-14-12-10-8-6-4-2)50-74-62-60(73)58(71)61(54(49-66)76-62)77-63-59(72)57(70)56(69)53(48-65)75-63/h14,16,31-32,36,38,44,46,51-54,56-63,65-67,69-73H,3-13,15,17-30,33-35,37,39-43,45,47-50H2,1-2H3,(H,64,68)/b16-14-,32-31+,38-36+,46-44+. The van der Waals surface area contributed by atoms with Crippen LogP contribution in [0.4, 0.5) is 0 Å². The number of rotatable bonds is 50. The molecule has 2 fully saturated rings. The number of amides is 1. The molecule has 2 heterocycles. The zero-order valence-electron chi connectivity index (χ0n) is 48.5. The highest BCUT2D eigenvalue weighted by molar-refractivity contribution is 5.76. The quantitative estimate of drug-likeness (QED) is 0.0204. The average molecular weight is 1090 g/mol. The van der Waals surface area contributed by atoms with Crippen molar-refractivity contribution in [3.8, 4) is 0 Å². The van der Waals surface area contributed by atoms with Crippen molar-refractivity contribution in [2.45, 2.75) is 325 Å². The number of unbranched alkanes of at least 4 members (excludes halogenated alkanes) is 31. The molecular formula is C63H115NO13. The third kappa shape index (κ3) is 34.1. The van der Waals surface area contributed by atoms with Crippen molar-refractivity contribution in [2.75, 3.05) is 19.8 Å². The predicted octanol–water partition coefficient (Wildman–Crippen LogP) is 11.2. The van der Waals surface area contributed by atoms with Crippen LogP contribution < -0.4 is 5.32 Å². The number of carbonyl (C=O) groups excluding carboxylic acids is 1. The Morgan fingerprint density at radius 2 is 0.831 bits per heavy atom. The fourth-order valence-electron chi connectivity index (χ4n) is 10.1. The van der Waals surface area contributed by atoms with Gasteiger partial charge in [-0.25, -0.2) is 0 Å². The van der Waals surface area contributed by atoms with Crippen molar-refractivity contribution in [3.05, 3.63) is 48.6 Å². The number of hydrogen-bond acceptors (Lipinski definition) is 13. The molecule has 9 N–H and O–H groups in total. The van der Waals surface area contributed by atoms with Crippen molar-refractivity contribution in [3.63, 3.8) is 0 Å². The molecular weight excluding hydrogens is 979 g/mol. The summed E-state index contributed by atoms with van der Waals surface area (Å²) >= 11 is 0. The second-order valence-electron chi connectivity index (χ2n) is 22.2. The van der Waals surface area contributed by atoms with Gasteiger partial charge in [-0.15, -0.1) is 0 Å². The predicted molar refractivity (Wildman–Crippen MR) is 309 cm³/mol. The Morgan fingerprint density at radius 3 is 1.29 bits per heavy atom. The second-order valence-corrected chi connectivity index (χ2v) is 22.2. The van der Waals surface area contributed by atoms with Gasteiger partial charge in [0.1, 0.15) is 48.8 Å². The molecule has 0 aromatic rings. The van der Waals surface area contributed by atoms with E-state index in [0.717, 1.165) is 64.2 Å².